The molecule has 0 aromatic carbocycles. The molecule has 3 nitrogen and oxygen atoms in total. The molecule has 0 radical (unpaired) electrons. The first kappa shape index (κ1) is 13.7. The molecule has 0 amide bonds. The molecule has 0 aliphatic carbocycles. The maximum atomic E-state index is 4.36. The Hall–Kier alpha value is -0.380. The number of hydrogen-bond donors (Lipinski definition) is 1. The minimum absolute atomic E-state index is 0.880. The third-order valence-corrected chi connectivity index (χ3v) is 3.80. The van der Waals surface area contributed by atoms with E-state index in [1.54, 1.807) is 0 Å². The molecular formula is C12H25N3S. The Morgan fingerprint density at radius 1 is 1.44 bits per heavy atom. The molecule has 16 heavy (non-hydrogen) atoms. The summed E-state index contributed by atoms with van der Waals surface area (Å²) in [6, 6.07) is 0. The number of thioether (sulfide) groups is 1. The van der Waals surface area contributed by atoms with Crippen molar-refractivity contribution in [3.63, 3.8) is 0 Å². The summed E-state index contributed by atoms with van der Waals surface area (Å²) in [6.07, 6.45) is 5.96. The summed E-state index contributed by atoms with van der Waals surface area (Å²) in [5, 5.41) is 3.45. The van der Waals surface area contributed by atoms with E-state index >= 15 is 0 Å². The topological polar surface area (TPSA) is 27.6 Å². The second kappa shape index (κ2) is 7.82. The molecular weight excluding hydrogens is 218 g/mol. The average Bonchev–Trinajstić information content (AvgIpc) is 2.31. The smallest absolute Gasteiger partial charge is 0.193 e. The Kier molecular flexibility index (Phi) is 6.69. The summed E-state index contributed by atoms with van der Waals surface area (Å²) >= 11 is 1.90. The van der Waals surface area contributed by atoms with Crippen molar-refractivity contribution in [3.05, 3.63) is 0 Å². The van der Waals surface area contributed by atoms with Gasteiger partial charge in [-0.25, -0.2) is 0 Å². The van der Waals surface area contributed by atoms with Crippen LogP contribution in [-0.4, -0.2) is 49.6 Å². The number of piperidine rings is 1. The van der Waals surface area contributed by atoms with Gasteiger partial charge in [-0.05, 0) is 37.2 Å². The van der Waals surface area contributed by atoms with Gasteiger partial charge in [0.15, 0.2) is 5.96 Å². The van der Waals surface area contributed by atoms with E-state index in [-0.39, 0.29) is 0 Å². The van der Waals surface area contributed by atoms with Gasteiger partial charge in [-0.1, -0.05) is 6.92 Å². The minimum atomic E-state index is 0.880. The maximum absolute atomic E-state index is 4.36. The molecule has 94 valence electrons. The molecule has 1 rings (SSSR count). The highest BCUT2D eigenvalue weighted by Gasteiger charge is 2.17. The Bertz CT molecular complexity index is 210. The molecule has 1 saturated heterocycles. The number of nitrogens with zero attached hydrogens (tertiary/aromatic N) is 2. The van der Waals surface area contributed by atoms with Gasteiger partial charge >= 0.3 is 0 Å². The minimum Gasteiger partial charge on any atom is -0.356 e. The lowest BCUT2D eigenvalue weighted by Gasteiger charge is -2.32. The van der Waals surface area contributed by atoms with E-state index in [2.05, 4.69) is 28.4 Å². The first-order chi connectivity index (χ1) is 7.77. The van der Waals surface area contributed by atoms with Gasteiger partial charge in [-0.2, -0.15) is 11.8 Å². The maximum Gasteiger partial charge on any atom is 0.193 e. The van der Waals surface area contributed by atoms with Crippen LogP contribution in [-0.2, 0) is 0 Å². The molecule has 0 bridgehead atoms. The number of nitrogens with one attached hydrogen (secondary N) is 1. The number of hydrogen-bond acceptors (Lipinski definition) is 2. The summed E-state index contributed by atoms with van der Waals surface area (Å²) in [7, 11) is 1.88. The first-order valence-electron chi connectivity index (χ1n) is 6.22. The van der Waals surface area contributed by atoms with Gasteiger partial charge in [0.05, 0.1) is 0 Å². The second-order valence-corrected chi connectivity index (χ2v) is 5.48. The molecule has 0 aromatic heterocycles. The van der Waals surface area contributed by atoms with Gasteiger partial charge in [-0.15, -0.1) is 0 Å². The molecule has 4 heteroatoms. The Balaban J connectivity index is 2.26. The predicted molar refractivity (Wildman–Crippen MR) is 74.3 cm³/mol. The van der Waals surface area contributed by atoms with Gasteiger partial charge < -0.3 is 10.2 Å². The summed E-state index contributed by atoms with van der Waals surface area (Å²) in [6.45, 7) is 5.69. The van der Waals surface area contributed by atoms with Gasteiger partial charge in [0.25, 0.3) is 0 Å². The second-order valence-electron chi connectivity index (χ2n) is 4.49. The van der Waals surface area contributed by atoms with Gasteiger partial charge in [0.2, 0.25) is 0 Å². The van der Waals surface area contributed by atoms with E-state index < -0.39 is 0 Å². The molecule has 0 saturated carbocycles. The van der Waals surface area contributed by atoms with Crippen LogP contribution >= 0.6 is 11.8 Å². The van der Waals surface area contributed by atoms with E-state index in [0.717, 1.165) is 31.5 Å². The van der Waals surface area contributed by atoms with Gasteiger partial charge in [-0.3, -0.25) is 4.99 Å². The number of guanidine groups is 1. The zero-order valence-electron chi connectivity index (χ0n) is 10.8. The number of likely N-dealkylation sites (tertiary alicyclic amines) is 1. The third-order valence-electron chi connectivity index (χ3n) is 3.10. The van der Waals surface area contributed by atoms with Crippen LogP contribution in [0.15, 0.2) is 4.99 Å². The van der Waals surface area contributed by atoms with E-state index in [4.69, 9.17) is 0 Å². The zero-order valence-corrected chi connectivity index (χ0v) is 11.6. The quantitative estimate of drug-likeness (QED) is 0.465. The van der Waals surface area contributed by atoms with Crippen LogP contribution in [0, 0.1) is 5.92 Å². The molecule has 1 fully saturated rings. The lowest BCUT2D eigenvalue weighted by atomic mass is 10.00. The monoisotopic (exact) mass is 243 g/mol. The van der Waals surface area contributed by atoms with E-state index in [1.807, 2.05) is 18.8 Å². The molecule has 0 aromatic rings. The number of aliphatic imine (C=N–C) groups is 1. The summed E-state index contributed by atoms with van der Waals surface area (Å²) in [5.74, 6) is 3.19. The summed E-state index contributed by atoms with van der Waals surface area (Å²) in [5.41, 5.74) is 0. The van der Waals surface area contributed by atoms with Crippen molar-refractivity contribution < 1.29 is 0 Å². The highest BCUT2D eigenvalue weighted by atomic mass is 32.2. The lowest BCUT2D eigenvalue weighted by molar-refractivity contribution is 0.273. The first-order valence-corrected chi connectivity index (χ1v) is 7.62. The molecule has 0 atom stereocenters. The average molecular weight is 243 g/mol. The molecule has 1 aliphatic heterocycles. The van der Waals surface area contributed by atoms with E-state index in [1.165, 1.54) is 25.0 Å². The van der Waals surface area contributed by atoms with Crippen LogP contribution < -0.4 is 5.32 Å². The van der Waals surface area contributed by atoms with Crippen molar-refractivity contribution in [2.24, 2.45) is 10.9 Å². The molecule has 1 N–H and O–H groups in total. The predicted octanol–water partition coefficient (Wildman–Crippen LogP) is 2.05. The van der Waals surface area contributed by atoms with Crippen LogP contribution in [0.2, 0.25) is 0 Å². The van der Waals surface area contributed by atoms with Gasteiger partial charge in [0, 0.05) is 26.7 Å². The van der Waals surface area contributed by atoms with Crippen LogP contribution in [0.4, 0.5) is 0 Å². The summed E-state index contributed by atoms with van der Waals surface area (Å²) < 4.78 is 0. The highest BCUT2D eigenvalue weighted by Crippen LogP contribution is 2.15. The fourth-order valence-electron chi connectivity index (χ4n) is 1.97. The summed E-state index contributed by atoms with van der Waals surface area (Å²) in [4.78, 5) is 6.75. The SMILES string of the molecule is CN=C(NCCCSC)N1CCC(C)CC1. The van der Waals surface area contributed by atoms with Crippen molar-refractivity contribution in [2.45, 2.75) is 26.2 Å². The highest BCUT2D eigenvalue weighted by molar-refractivity contribution is 7.98. The van der Waals surface area contributed by atoms with Crippen LogP contribution in [0.1, 0.15) is 26.2 Å². The largest absolute Gasteiger partial charge is 0.356 e. The van der Waals surface area contributed by atoms with Crippen molar-refractivity contribution >= 4 is 17.7 Å². The van der Waals surface area contributed by atoms with Crippen molar-refractivity contribution in [1.82, 2.24) is 10.2 Å². The standard InChI is InChI=1S/C12H25N3S/c1-11-5-8-15(9-6-11)12(13-2)14-7-4-10-16-3/h11H,4-10H2,1-3H3,(H,13,14). The lowest BCUT2D eigenvalue weighted by Crippen LogP contribution is -2.45. The van der Waals surface area contributed by atoms with E-state index in [9.17, 15) is 0 Å². The Morgan fingerprint density at radius 3 is 2.69 bits per heavy atom. The zero-order chi connectivity index (χ0) is 11.8. The third kappa shape index (κ3) is 4.64. The molecule has 0 unspecified atom stereocenters. The Morgan fingerprint density at radius 2 is 2.12 bits per heavy atom. The van der Waals surface area contributed by atoms with Crippen molar-refractivity contribution in [2.75, 3.05) is 38.7 Å². The fraction of sp³-hybridized carbons (Fsp3) is 0.917. The molecule has 1 aliphatic rings. The van der Waals surface area contributed by atoms with Crippen molar-refractivity contribution in [3.8, 4) is 0 Å². The normalized spacial score (nSPS) is 18.9. The Labute approximate surface area is 104 Å². The molecule has 1 heterocycles. The fourth-order valence-corrected chi connectivity index (χ4v) is 2.40. The van der Waals surface area contributed by atoms with Crippen LogP contribution in [0.3, 0.4) is 0 Å². The van der Waals surface area contributed by atoms with Crippen LogP contribution in [0.5, 0.6) is 0 Å². The van der Waals surface area contributed by atoms with Crippen molar-refractivity contribution in [1.29, 1.82) is 0 Å². The molecule has 0 spiro atoms. The van der Waals surface area contributed by atoms with Crippen LogP contribution in [0.25, 0.3) is 0 Å². The number of rotatable bonds is 4. The van der Waals surface area contributed by atoms with E-state index in [0.29, 0.717) is 0 Å². The van der Waals surface area contributed by atoms with Gasteiger partial charge in [0.1, 0.15) is 0 Å².